The maximum Gasteiger partial charge on any atom is 0.340 e. The van der Waals surface area contributed by atoms with Gasteiger partial charge in [0.15, 0.2) is 5.82 Å². The summed E-state index contributed by atoms with van der Waals surface area (Å²) in [7, 11) is 3.22. The van der Waals surface area contributed by atoms with E-state index in [1.54, 1.807) is 31.9 Å². The lowest BCUT2D eigenvalue weighted by atomic mass is 10.1. The molecule has 2 aromatic carbocycles. The van der Waals surface area contributed by atoms with Crippen molar-refractivity contribution < 1.29 is 19.0 Å². The zero-order chi connectivity index (χ0) is 22.5. The number of carbonyl (C=O) groups is 1. The lowest BCUT2D eigenvalue weighted by Gasteiger charge is -2.16. The second-order valence-electron chi connectivity index (χ2n) is 6.74. The van der Waals surface area contributed by atoms with Crippen molar-refractivity contribution >= 4 is 29.5 Å². The van der Waals surface area contributed by atoms with E-state index in [4.69, 9.17) is 19.3 Å². The van der Waals surface area contributed by atoms with Gasteiger partial charge in [0.25, 0.3) is 0 Å². The number of benzene rings is 2. The van der Waals surface area contributed by atoms with E-state index in [0.29, 0.717) is 33.8 Å². The van der Waals surface area contributed by atoms with Gasteiger partial charge in [0.1, 0.15) is 11.5 Å². The zero-order valence-corrected chi connectivity index (χ0v) is 18.8. The van der Waals surface area contributed by atoms with Crippen LogP contribution >= 0.6 is 11.8 Å². The van der Waals surface area contributed by atoms with Crippen molar-refractivity contribution in [3.05, 3.63) is 59.7 Å². The molecule has 0 fully saturated rings. The first kappa shape index (κ1) is 21.6. The quantitative estimate of drug-likeness (QED) is 0.398. The summed E-state index contributed by atoms with van der Waals surface area (Å²) in [6, 6.07) is 14.9. The van der Waals surface area contributed by atoms with Crippen molar-refractivity contribution in [2.45, 2.75) is 12.1 Å². The average molecular weight is 451 g/mol. The van der Waals surface area contributed by atoms with Crippen LogP contribution in [0.4, 0.5) is 0 Å². The van der Waals surface area contributed by atoms with Crippen LogP contribution in [0.25, 0.3) is 17.5 Å². The lowest BCUT2D eigenvalue weighted by molar-refractivity contribution is -0.137. The first-order chi connectivity index (χ1) is 15.6. The molecular weight excluding hydrogens is 428 g/mol. The summed E-state index contributed by atoms with van der Waals surface area (Å²) in [5, 5.41) is 13.9. The van der Waals surface area contributed by atoms with Crippen LogP contribution in [-0.2, 0) is 9.53 Å². The molecule has 3 aromatic rings. The van der Waals surface area contributed by atoms with Crippen molar-refractivity contribution in [2.75, 3.05) is 26.6 Å². The highest BCUT2D eigenvalue weighted by Crippen LogP contribution is 2.30. The van der Waals surface area contributed by atoms with Gasteiger partial charge in [0.2, 0.25) is 5.16 Å². The monoisotopic (exact) mass is 450 g/mol. The Morgan fingerprint density at radius 1 is 1.09 bits per heavy atom. The molecule has 0 amide bonds. The average Bonchev–Trinajstić information content (AvgIpc) is 3.26. The molecule has 1 aliphatic rings. The second kappa shape index (κ2) is 9.69. The molecule has 0 aliphatic carbocycles. The third kappa shape index (κ3) is 4.52. The SMILES string of the molecule is CCOC(=O)C(=Cc1cccc(OC)c1)C1=Nn2c(nnc2-c2ccc(OC)cc2)SC1. The largest absolute Gasteiger partial charge is 0.497 e. The van der Waals surface area contributed by atoms with Gasteiger partial charge >= 0.3 is 5.97 Å². The smallest absolute Gasteiger partial charge is 0.340 e. The molecule has 0 unspecified atom stereocenters. The molecule has 0 atom stereocenters. The number of aromatic nitrogens is 3. The molecule has 0 saturated carbocycles. The number of thioether (sulfide) groups is 1. The Hall–Kier alpha value is -3.59. The first-order valence-electron chi connectivity index (χ1n) is 9.96. The fourth-order valence-electron chi connectivity index (χ4n) is 3.15. The molecule has 0 radical (unpaired) electrons. The van der Waals surface area contributed by atoms with Gasteiger partial charge in [-0.3, -0.25) is 0 Å². The van der Waals surface area contributed by atoms with Crippen LogP contribution in [0.1, 0.15) is 12.5 Å². The van der Waals surface area contributed by atoms with E-state index in [1.807, 2.05) is 48.5 Å². The number of nitrogens with zero attached hydrogens (tertiary/aromatic N) is 4. The Labute approximate surface area is 189 Å². The second-order valence-corrected chi connectivity index (χ2v) is 7.68. The molecular formula is C23H22N4O4S. The summed E-state index contributed by atoms with van der Waals surface area (Å²) in [4.78, 5) is 12.8. The highest BCUT2D eigenvalue weighted by Gasteiger charge is 2.25. The van der Waals surface area contributed by atoms with Crippen molar-refractivity contribution in [3.8, 4) is 22.9 Å². The minimum Gasteiger partial charge on any atom is -0.497 e. The van der Waals surface area contributed by atoms with Crippen LogP contribution in [0.15, 0.2) is 64.4 Å². The topological polar surface area (TPSA) is 87.8 Å². The minimum absolute atomic E-state index is 0.268. The van der Waals surface area contributed by atoms with E-state index < -0.39 is 5.97 Å². The molecule has 2 heterocycles. The van der Waals surface area contributed by atoms with Crippen LogP contribution in [0.5, 0.6) is 11.5 Å². The van der Waals surface area contributed by atoms with Crippen LogP contribution in [0, 0.1) is 0 Å². The standard InChI is InChI=1S/C23H22N4O4S/c1-4-31-22(28)19(13-15-6-5-7-18(12-15)30-3)20-14-32-23-25-24-21(27(23)26-20)16-8-10-17(29-2)11-9-16/h5-13H,4,14H2,1-3H3. The first-order valence-corrected chi connectivity index (χ1v) is 10.9. The van der Waals surface area contributed by atoms with E-state index in [-0.39, 0.29) is 6.61 Å². The number of hydrogen-bond donors (Lipinski definition) is 0. The summed E-state index contributed by atoms with van der Waals surface area (Å²) in [6.07, 6.45) is 1.77. The van der Waals surface area contributed by atoms with Gasteiger partial charge in [0.05, 0.1) is 32.1 Å². The van der Waals surface area contributed by atoms with Gasteiger partial charge in [-0.2, -0.15) is 9.78 Å². The highest BCUT2D eigenvalue weighted by atomic mass is 32.2. The van der Waals surface area contributed by atoms with Crippen molar-refractivity contribution in [2.24, 2.45) is 5.10 Å². The fraction of sp³-hybridized carbons (Fsp3) is 0.217. The van der Waals surface area contributed by atoms with Gasteiger partial charge in [-0.1, -0.05) is 23.9 Å². The molecule has 9 heteroatoms. The minimum atomic E-state index is -0.433. The maximum absolute atomic E-state index is 12.8. The number of esters is 1. The Kier molecular flexibility index (Phi) is 6.55. The lowest BCUT2D eigenvalue weighted by Crippen LogP contribution is -2.21. The Morgan fingerprint density at radius 3 is 2.59 bits per heavy atom. The number of fused-ring (bicyclic) bond motifs is 1. The third-order valence-electron chi connectivity index (χ3n) is 4.73. The summed E-state index contributed by atoms with van der Waals surface area (Å²) in [5.74, 6) is 2.06. The Balaban J connectivity index is 1.76. The summed E-state index contributed by atoms with van der Waals surface area (Å²) in [6.45, 7) is 2.04. The molecule has 0 spiro atoms. The van der Waals surface area contributed by atoms with Crippen molar-refractivity contribution in [1.82, 2.24) is 14.9 Å². The molecule has 8 nitrogen and oxygen atoms in total. The van der Waals surface area contributed by atoms with Gasteiger partial charge < -0.3 is 14.2 Å². The van der Waals surface area contributed by atoms with E-state index >= 15 is 0 Å². The number of rotatable bonds is 7. The van der Waals surface area contributed by atoms with Gasteiger partial charge in [-0.25, -0.2) is 4.79 Å². The summed E-state index contributed by atoms with van der Waals surface area (Å²) >= 11 is 1.46. The van der Waals surface area contributed by atoms with Crippen LogP contribution in [-0.4, -0.2) is 53.1 Å². The molecule has 1 aliphatic heterocycles. The Bertz CT molecular complexity index is 1180. The predicted molar refractivity (Wildman–Crippen MR) is 123 cm³/mol. The van der Waals surface area contributed by atoms with E-state index in [9.17, 15) is 4.79 Å². The van der Waals surface area contributed by atoms with Crippen LogP contribution in [0.3, 0.4) is 0 Å². The molecule has 164 valence electrons. The van der Waals surface area contributed by atoms with E-state index in [1.165, 1.54) is 11.8 Å². The van der Waals surface area contributed by atoms with Gasteiger partial charge in [-0.15, -0.1) is 10.2 Å². The van der Waals surface area contributed by atoms with E-state index in [2.05, 4.69) is 10.2 Å². The Morgan fingerprint density at radius 2 is 1.88 bits per heavy atom. The van der Waals surface area contributed by atoms with Crippen molar-refractivity contribution in [1.29, 1.82) is 0 Å². The number of ether oxygens (including phenoxy) is 3. The molecule has 32 heavy (non-hydrogen) atoms. The number of hydrogen-bond acceptors (Lipinski definition) is 8. The predicted octanol–water partition coefficient (Wildman–Crippen LogP) is 3.92. The zero-order valence-electron chi connectivity index (χ0n) is 17.9. The maximum atomic E-state index is 12.8. The van der Waals surface area contributed by atoms with Crippen LogP contribution in [0.2, 0.25) is 0 Å². The van der Waals surface area contributed by atoms with Gasteiger partial charge in [-0.05, 0) is 55.0 Å². The van der Waals surface area contributed by atoms with Gasteiger partial charge in [0, 0.05) is 11.3 Å². The molecule has 0 bridgehead atoms. The summed E-state index contributed by atoms with van der Waals surface area (Å²) in [5.41, 5.74) is 2.61. The number of methoxy groups -OCH3 is 2. The molecule has 0 N–H and O–H groups in total. The normalized spacial score (nSPS) is 13.2. The fourth-order valence-corrected chi connectivity index (χ4v) is 3.97. The van der Waals surface area contributed by atoms with Crippen molar-refractivity contribution in [3.63, 3.8) is 0 Å². The molecule has 0 saturated heterocycles. The third-order valence-corrected chi connectivity index (χ3v) is 5.66. The molecule has 1 aromatic heterocycles. The number of carbonyl (C=O) groups excluding carboxylic acids is 1. The molecule has 4 rings (SSSR count). The van der Waals surface area contributed by atoms with E-state index in [0.717, 1.165) is 16.9 Å². The highest BCUT2D eigenvalue weighted by molar-refractivity contribution is 7.99. The van der Waals surface area contributed by atoms with Crippen LogP contribution < -0.4 is 9.47 Å². The summed E-state index contributed by atoms with van der Waals surface area (Å²) < 4.78 is 17.5.